The van der Waals surface area contributed by atoms with E-state index < -0.39 is 0 Å². The van der Waals surface area contributed by atoms with Crippen LogP contribution in [0.2, 0.25) is 0 Å². The molecule has 4 heteroatoms. The summed E-state index contributed by atoms with van der Waals surface area (Å²) in [7, 11) is 0. The first-order chi connectivity index (χ1) is 7.54. The summed E-state index contributed by atoms with van der Waals surface area (Å²) >= 11 is 0. The normalized spacial score (nSPS) is 28.1. The standard InChI is InChI=1S/C13H27N3.ClH/c1-13(2,3)11-15-6-8-16(9-7-15)12-4-5-14-10-12;/h12,14H,4-11H2,1-3H3;1H. The van der Waals surface area contributed by atoms with E-state index >= 15 is 0 Å². The van der Waals surface area contributed by atoms with E-state index in [2.05, 4.69) is 35.9 Å². The third kappa shape index (κ3) is 4.74. The number of piperazine rings is 1. The molecule has 2 heterocycles. The van der Waals surface area contributed by atoms with Crippen LogP contribution < -0.4 is 5.32 Å². The van der Waals surface area contributed by atoms with Crippen molar-refractivity contribution in [2.75, 3.05) is 45.8 Å². The lowest BCUT2D eigenvalue weighted by molar-refractivity contribution is 0.0804. The third-order valence-corrected chi connectivity index (χ3v) is 3.66. The lowest BCUT2D eigenvalue weighted by Crippen LogP contribution is -2.52. The van der Waals surface area contributed by atoms with Crippen molar-refractivity contribution in [1.82, 2.24) is 15.1 Å². The summed E-state index contributed by atoms with van der Waals surface area (Å²) < 4.78 is 0. The van der Waals surface area contributed by atoms with Crippen LogP contribution in [0.25, 0.3) is 0 Å². The molecule has 2 saturated heterocycles. The molecule has 0 aromatic carbocycles. The molecule has 0 aromatic heterocycles. The Labute approximate surface area is 112 Å². The molecule has 2 fully saturated rings. The van der Waals surface area contributed by atoms with E-state index in [1.54, 1.807) is 0 Å². The highest BCUT2D eigenvalue weighted by Gasteiger charge is 2.27. The van der Waals surface area contributed by atoms with Crippen LogP contribution in [0.5, 0.6) is 0 Å². The van der Waals surface area contributed by atoms with Gasteiger partial charge in [0.15, 0.2) is 0 Å². The zero-order chi connectivity index (χ0) is 11.6. The van der Waals surface area contributed by atoms with Crippen LogP contribution in [-0.2, 0) is 0 Å². The number of nitrogens with one attached hydrogen (secondary N) is 1. The van der Waals surface area contributed by atoms with Crippen molar-refractivity contribution in [3.8, 4) is 0 Å². The van der Waals surface area contributed by atoms with Crippen molar-refractivity contribution < 1.29 is 0 Å². The molecule has 3 nitrogen and oxygen atoms in total. The van der Waals surface area contributed by atoms with Gasteiger partial charge in [-0.1, -0.05) is 20.8 Å². The molecule has 0 saturated carbocycles. The Morgan fingerprint density at radius 1 is 1.12 bits per heavy atom. The topological polar surface area (TPSA) is 18.5 Å². The summed E-state index contributed by atoms with van der Waals surface area (Å²) in [5, 5.41) is 3.46. The maximum Gasteiger partial charge on any atom is 0.0233 e. The van der Waals surface area contributed by atoms with Crippen molar-refractivity contribution in [3.05, 3.63) is 0 Å². The van der Waals surface area contributed by atoms with E-state index in [1.165, 1.54) is 52.2 Å². The van der Waals surface area contributed by atoms with Crippen LogP contribution in [0, 0.1) is 5.41 Å². The Morgan fingerprint density at radius 3 is 2.24 bits per heavy atom. The second-order valence-corrected chi connectivity index (χ2v) is 6.52. The third-order valence-electron chi connectivity index (χ3n) is 3.66. The number of hydrogen-bond donors (Lipinski definition) is 1. The lowest BCUT2D eigenvalue weighted by Gasteiger charge is -2.40. The van der Waals surface area contributed by atoms with Crippen LogP contribution in [0.4, 0.5) is 0 Å². The van der Waals surface area contributed by atoms with Crippen molar-refractivity contribution in [2.24, 2.45) is 5.41 Å². The van der Waals surface area contributed by atoms with Crippen molar-refractivity contribution in [3.63, 3.8) is 0 Å². The molecule has 1 unspecified atom stereocenters. The molecular formula is C13H28ClN3. The van der Waals surface area contributed by atoms with E-state index in [1.807, 2.05) is 0 Å². The van der Waals surface area contributed by atoms with Gasteiger partial charge in [0.2, 0.25) is 0 Å². The molecule has 0 radical (unpaired) electrons. The van der Waals surface area contributed by atoms with Crippen LogP contribution in [0.15, 0.2) is 0 Å². The number of hydrogen-bond acceptors (Lipinski definition) is 3. The second-order valence-electron chi connectivity index (χ2n) is 6.52. The zero-order valence-electron chi connectivity index (χ0n) is 11.5. The Hall–Kier alpha value is 0.170. The molecular weight excluding hydrogens is 234 g/mol. The SMILES string of the molecule is CC(C)(C)CN1CCN(C2CCNC2)CC1.Cl. The molecule has 1 atom stereocenters. The van der Waals surface area contributed by atoms with Crippen LogP contribution in [-0.4, -0.2) is 61.7 Å². The van der Waals surface area contributed by atoms with Crippen molar-refractivity contribution in [1.29, 1.82) is 0 Å². The maximum absolute atomic E-state index is 3.46. The Balaban J connectivity index is 0.00000144. The number of halogens is 1. The first-order valence-electron chi connectivity index (χ1n) is 6.72. The fourth-order valence-corrected chi connectivity index (χ4v) is 2.91. The van der Waals surface area contributed by atoms with Crippen LogP contribution in [0.1, 0.15) is 27.2 Å². The quantitative estimate of drug-likeness (QED) is 0.812. The lowest BCUT2D eigenvalue weighted by atomic mass is 9.95. The molecule has 0 aromatic rings. The minimum absolute atomic E-state index is 0. The van der Waals surface area contributed by atoms with E-state index in [0.29, 0.717) is 5.41 Å². The van der Waals surface area contributed by atoms with E-state index in [0.717, 1.165) is 6.04 Å². The van der Waals surface area contributed by atoms with Gasteiger partial charge in [0.05, 0.1) is 0 Å². The number of nitrogens with zero attached hydrogens (tertiary/aromatic N) is 2. The maximum atomic E-state index is 3.46. The minimum Gasteiger partial charge on any atom is -0.315 e. The monoisotopic (exact) mass is 261 g/mol. The first-order valence-corrected chi connectivity index (χ1v) is 6.72. The highest BCUT2D eigenvalue weighted by Crippen LogP contribution is 2.18. The van der Waals surface area contributed by atoms with Gasteiger partial charge in [-0.05, 0) is 18.4 Å². The predicted molar refractivity (Wildman–Crippen MR) is 76.0 cm³/mol. The summed E-state index contributed by atoms with van der Waals surface area (Å²) in [6.45, 7) is 15.7. The molecule has 0 spiro atoms. The molecule has 0 amide bonds. The second kappa shape index (κ2) is 6.37. The van der Waals surface area contributed by atoms with Gasteiger partial charge in [-0.15, -0.1) is 12.4 Å². The predicted octanol–water partition coefficient (Wildman–Crippen LogP) is 1.43. The summed E-state index contributed by atoms with van der Waals surface area (Å²) in [4.78, 5) is 5.30. The van der Waals surface area contributed by atoms with Gasteiger partial charge in [-0.2, -0.15) is 0 Å². The minimum atomic E-state index is 0. The largest absolute Gasteiger partial charge is 0.315 e. The van der Waals surface area contributed by atoms with Gasteiger partial charge in [0, 0.05) is 45.3 Å². The average Bonchev–Trinajstić information content (AvgIpc) is 2.69. The molecule has 17 heavy (non-hydrogen) atoms. The molecule has 0 bridgehead atoms. The van der Waals surface area contributed by atoms with Crippen LogP contribution in [0.3, 0.4) is 0 Å². The van der Waals surface area contributed by atoms with Gasteiger partial charge in [-0.25, -0.2) is 0 Å². The fraction of sp³-hybridized carbons (Fsp3) is 1.00. The first kappa shape index (κ1) is 15.2. The van der Waals surface area contributed by atoms with E-state index in [9.17, 15) is 0 Å². The summed E-state index contributed by atoms with van der Waals surface area (Å²) in [6, 6.07) is 0.816. The highest BCUT2D eigenvalue weighted by atomic mass is 35.5. The van der Waals surface area contributed by atoms with Gasteiger partial charge in [0.25, 0.3) is 0 Å². The Morgan fingerprint density at radius 2 is 1.76 bits per heavy atom. The Kier molecular flexibility index (Phi) is 5.71. The Bertz CT molecular complexity index is 213. The summed E-state index contributed by atoms with van der Waals surface area (Å²) in [5.74, 6) is 0. The van der Waals surface area contributed by atoms with Crippen molar-refractivity contribution in [2.45, 2.75) is 33.2 Å². The molecule has 2 aliphatic heterocycles. The fourth-order valence-electron chi connectivity index (χ4n) is 2.91. The zero-order valence-corrected chi connectivity index (χ0v) is 12.4. The van der Waals surface area contributed by atoms with E-state index in [-0.39, 0.29) is 12.4 Å². The highest BCUT2D eigenvalue weighted by molar-refractivity contribution is 5.85. The molecule has 102 valence electrons. The van der Waals surface area contributed by atoms with Gasteiger partial charge in [-0.3, -0.25) is 4.90 Å². The van der Waals surface area contributed by atoms with Crippen LogP contribution >= 0.6 is 12.4 Å². The summed E-state index contributed by atoms with van der Waals surface area (Å²) in [5.41, 5.74) is 0.442. The average molecular weight is 262 g/mol. The molecule has 2 aliphatic rings. The van der Waals surface area contributed by atoms with Gasteiger partial charge >= 0.3 is 0 Å². The smallest absolute Gasteiger partial charge is 0.0233 e. The van der Waals surface area contributed by atoms with E-state index in [4.69, 9.17) is 0 Å². The van der Waals surface area contributed by atoms with Crippen molar-refractivity contribution >= 4 is 12.4 Å². The molecule has 0 aliphatic carbocycles. The molecule has 2 rings (SSSR count). The van der Waals surface area contributed by atoms with Gasteiger partial charge in [0.1, 0.15) is 0 Å². The molecule has 1 N–H and O–H groups in total. The number of rotatable bonds is 2. The summed E-state index contributed by atoms with van der Waals surface area (Å²) in [6.07, 6.45) is 1.35. The van der Waals surface area contributed by atoms with Gasteiger partial charge < -0.3 is 10.2 Å².